The molecule has 8 nitrogen and oxygen atoms in total. The Morgan fingerprint density at radius 3 is 2.64 bits per heavy atom. The Bertz CT molecular complexity index is 1400. The second-order valence-corrected chi connectivity index (χ2v) is 7.78. The quantitative estimate of drug-likeness (QED) is 0.460. The van der Waals surface area contributed by atoms with Crippen LogP contribution >= 0.6 is 11.3 Å². The van der Waals surface area contributed by atoms with Crippen LogP contribution in [0.2, 0.25) is 0 Å². The van der Waals surface area contributed by atoms with Gasteiger partial charge in [-0.3, -0.25) is 14.9 Å². The fraction of sp³-hybridized carbons (Fsp3) is 0.130. The number of para-hydroxylation sites is 1. The number of amides is 1. The summed E-state index contributed by atoms with van der Waals surface area (Å²) in [7, 11) is 3.10. The van der Waals surface area contributed by atoms with Gasteiger partial charge in [-0.1, -0.05) is 12.1 Å². The van der Waals surface area contributed by atoms with E-state index in [4.69, 9.17) is 9.47 Å². The van der Waals surface area contributed by atoms with E-state index < -0.39 is 17.2 Å². The second kappa shape index (κ2) is 9.21. The van der Waals surface area contributed by atoms with Crippen molar-refractivity contribution >= 4 is 22.4 Å². The zero-order valence-electron chi connectivity index (χ0n) is 18.0. The smallest absolute Gasteiger partial charge is 0.281 e. The van der Waals surface area contributed by atoms with E-state index in [-0.39, 0.29) is 16.5 Å². The number of carbonyl (C=O) groups excluding carboxylic acids is 1. The highest BCUT2D eigenvalue weighted by atomic mass is 32.1. The zero-order chi connectivity index (χ0) is 23.5. The number of nitrogens with zero attached hydrogens (tertiary/aromatic N) is 3. The van der Waals surface area contributed by atoms with E-state index in [9.17, 15) is 14.0 Å². The van der Waals surface area contributed by atoms with Gasteiger partial charge in [-0.05, 0) is 37.3 Å². The molecule has 0 radical (unpaired) electrons. The highest BCUT2D eigenvalue weighted by Crippen LogP contribution is 2.35. The highest BCUT2D eigenvalue weighted by Gasteiger charge is 2.19. The van der Waals surface area contributed by atoms with Crippen LogP contribution in [0.1, 0.15) is 16.2 Å². The Balaban J connectivity index is 1.64. The lowest BCUT2D eigenvalue weighted by molar-refractivity contribution is 0.101. The van der Waals surface area contributed by atoms with Crippen LogP contribution in [0.15, 0.2) is 58.7 Å². The van der Waals surface area contributed by atoms with Crippen LogP contribution in [0.25, 0.3) is 16.9 Å². The summed E-state index contributed by atoms with van der Waals surface area (Å²) >= 11 is 1.18. The number of hydrogen-bond acceptors (Lipinski definition) is 7. The van der Waals surface area contributed by atoms with Crippen LogP contribution in [-0.4, -0.2) is 34.9 Å². The fourth-order valence-corrected chi connectivity index (χ4v) is 3.90. The van der Waals surface area contributed by atoms with Crippen LogP contribution < -0.4 is 20.2 Å². The molecule has 0 aliphatic rings. The number of halogens is 1. The number of thiazole rings is 1. The van der Waals surface area contributed by atoms with E-state index >= 15 is 0 Å². The summed E-state index contributed by atoms with van der Waals surface area (Å²) < 4.78 is 26.1. The molecular weight excluding hydrogens is 447 g/mol. The first-order valence-corrected chi connectivity index (χ1v) is 10.6. The van der Waals surface area contributed by atoms with Crippen molar-refractivity contribution in [1.82, 2.24) is 14.8 Å². The molecule has 0 bridgehead atoms. The predicted molar refractivity (Wildman–Crippen MR) is 123 cm³/mol. The minimum absolute atomic E-state index is 0.130. The molecule has 0 unspecified atom stereocenters. The van der Waals surface area contributed by atoms with E-state index in [1.165, 1.54) is 34.2 Å². The molecule has 2 aromatic heterocycles. The van der Waals surface area contributed by atoms with Crippen molar-refractivity contribution in [2.45, 2.75) is 6.92 Å². The SMILES string of the molecule is COc1ccc(OC)c(-c2csc(NC(=O)c3nn(-c4ccccc4F)c(C)cc3=O)n2)c1. The summed E-state index contributed by atoms with van der Waals surface area (Å²) in [6.45, 7) is 1.61. The zero-order valence-corrected chi connectivity index (χ0v) is 18.8. The standard InChI is InChI=1S/C23H19FN4O4S/c1-13-10-19(29)21(27-28(13)18-7-5-4-6-16(18)24)22(30)26-23-25-17(12-33-23)15-11-14(31-2)8-9-20(15)32-3/h4-12H,1-3H3,(H,25,26,30). The summed E-state index contributed by atoms with van der Waals surface area (Å²) in [6, 6.07) is 12.5. The normalized spacial score (nSPS) is 10.7. The molecule has 0 aliphatic heterocycles. The monoisotopic (exact) mass is 466 g/mol. The Morgan fingerprint density at radius 2 is 1.91 bits per heavy atom. The van der Waals surface area contributed by atoms with Crippen molar-refractivity contribution < 1.29 is 18.7 Å². The summed E-state index contributed by atoms with van der Waals surface area (Å²) in [5.74, 6) is -0.0580. The van der Waals surface area contributed by atoms with Crippen LogP contribution in [-0.2, 0) is 0 Å². The summed E-state index contributed by atoms with van der Waals surface area (Å²) in [5, 5.41) is 8.71. The first-order valence-electron chi connectivity index (χ1n) is 9.76. The summed E-state index contributed by atoms with van der Waals surface area (Å²) in [5.41, 5.74) is 0.813. The number of methoxy groups -OCH3 is 2. The lowest BCUT2D eigenvalue weighted by atomic mass is 10.1. The van der Waals surface area contributed by atoms with Crippen molar-refractivity contribution in [3.05, 3.63) is 81.3 Å². The maximum Gasteiger partial charge on any atom is 0.281 e. The van der Waals surface area contributed by atoms with Crippen molar-refractivity contribution in [2.24, 2.45) is 0 Å². The number of ether oxygens (including phenoxy) is 2. The van der Waals surface area contributed by atoms with Crippen LogP contribution in [0, 0.1) is 12.7 Å². The molecule has 0 spiro atoms. The molecular formula is C23H19FN4O4S. The molecule has 2 aromatic carbocycles. The third-order valence-electron chi connectivity index (χ3n) is 4.81. The molecule has 4 aromatic rings. The largest absolute Gasteiger partial charge is 0.497 e. The number of carbonyl (C=O) groups is 1. The van der Waals surface area contributed by atoms with E-state index in [0.29, 0.717) is 28.5 Å². The minimum Gasteiger partial charge on any atom is -0.497 e. The average Bonchev–Trinajstić information content (AvgIpc) is 3.27. The predicted octanol–water partition coefficient (Wildman–Crippen LogP) is 4.07. The molecule has 33 heavy (non-hydrogen) atoms. The minimum atomic E-state index is -0.747. The molecule has 2 heterocycles. The van der Waals surface area contributed by atoms with Crippen molar-refractivity contribution in [1.29, 1.82) is 0 Å². The topological polar surface area (TPSA) is 95.3 Å². The van der Waals surface area contributed by atoms with Crippen LogP contribution in [0.3, 0.4) is 0 Å². The van der Waals surface area contributed by atoms with Gasteiger partial charge in [0.2, 0.25) is 5.43 Å². The van der Waals surface area contributed by atoms with Crippen LogP contribution in [0.5, 0.6) is 11.5 Å². The molecule has 168 valence electrons. The maximum atomic E-state index is 14.2. The van der Waals surface area contributed by atoms with Gasteiger partial charge in [-0.2, -0.15) is 5.10 Å². The third kappa shape index (κ3) is 4.46. The first kappa shape index (κ1) is 22.2. The highest BCUT2D eigenvalue weighted by molar-refractivity contribution is 7.14. The molecule has 1 amide bonds. The molecule has 10 heteroatoms. The molecule has 0 saturated heterocycles. The van der Waals surface area contributed by atoms with Gasteiger partial charge < -0.3 is 9.47 Å². The van der Waals surface area contributed by atoms with Crippen LogP contribution in [0.4, 0.5) is 9.52 Å². The van der Waals surface area contributed by atoms with E-state index in [2.05, 4.69) is 15.4 Å². The average molecular weight is 466 g/mol. The second-order valence-electron chi connectivity index (χ2n) is 6.92. The number of aromatic nitrogens is 3. The van der Waals surface area contributed by atoms with Gasteiger partial charge in [0.15, 0.2) is 10.8 Å². The third-order valence-corrected chi connectivity index (χ3v) is 5.57. The number of nitrogens with one attached hydrogen (secondary N) is 1. The number of benzene rings is 2. The molecule has 0 aliphatic carbocycles. The Hall–Kier alpha value is -4.05. The van der Waals surface area contributed by atoms with E-state index in [1.807, 2.05) is 0 Å². The van der Waals surface area contributed by atoms with Gasteiger partial charge in [0, 0.05) is 22.7 Å². The molecule has 0 saturated carbocycles. The lowest BCUT2D eigenvalue weighted by Crippen LogP contribution is -2.27. The number of hydrogen-bond donors (Lipinski definition) is 1. The summed E-state index contributed by atoms with van der Waals surface area (Å²) in [6.07, 6.45) is 0. The number of anilines is 1. The van der Waals surface area contributed by atoms with Gasteiger partial charge >= 0.3 is 0 Å². The van der Waals surface area contributed by atoms with Crippen molar-refractivity contribution in [3.63, 3.8) is 0 Å². The fourth-order valence-electron chi connectivity index (χ4n) is 3.20. The van der Waals surface area contributed by atoms with Gasteiger partial charge in [0.1, 0.15) is 23.0 Å². The first-order chi connectivity index (χ1) is 15.9. The van der Waals surface area contributed by atoms with Gasteiger partial charge in [-0.25, -0.2) is 14.1 Å². The molecule has 0 atom stereocenters. The lowest BCUT2D eigenvalue weighted by Gasteiger charge is -2.11. The maximum absolute atomic E-state index is 14.2. The van der Waals surface area contributed by atoms with Crippen molar-refractivity contribution in [2.75, 3.05) is 19.5 Å². The van der Waals surface area contributed by atoms with Gasteiger partial charge in [0.05, 0.1) is 19.9 Å². The van der Waals surface area contributed by atoms with E-state index in [0.717, 1.165) is 0 Å². The molecule has 1 N–H and O–H groups in total. The van der Waals surface area contributed by atoms with Crippen molar-refractivity contribution in [3.8, 4) is 28.4 Å². The molecule has 0 fully saturated rings. The number of aryl methyl sites for hydroxylation is 1. The summed E-state index contributed by atoms with van der Waals surface area (Å²) in [4.78, 5) is 29.7. The molecule has 4 rings (SSSR count). The Labute approximate surface area is 192 Å². The number of rotatable bonds is 6. The van der Waals surface area contributed by atoms with Gasteiger partial charge in [-0.15, -0.1) is 11.3 Å². The Morgan fingerprint density at radius 1 is 1.12 bits per heavy atom. The van der Waals surface area contributed by atoms with E-state index in [1.54, 1.807) is 56.9 Å². The Kier molecular flexibility index (Phi) is 6.18. The van der Waals surface area contributed by atoms with Gasteiger partial charge in [0.25, 0.3) is 5.91 Å².